The summed E-state index contributed by atoms with van der Waals surface area (Å²) in [6.07, 6.45) is 0. The zero-order valence-corrected chi connectivity index (χ0v) is 11.6. The van der Waals surface area contributed by atoms with Gasteiger partial charge >= 0.3 is 5.63 Å². The fourth-order valence-corrected chi connectivity index (χ4v) is 3.55. The number of rotatable bonds is 1. The summed E-state index contributed by atoms with van der Waals surface area (Å²) in [7, 11) is 0. The van der Waals surface area contributed by atoms with E-state index < -0.39 is 0 Å². The van der Waals surface area contributed by atoms with Gasteiger partial charge in [-0.1, -0.05) is 30.3 Å². The van der Waals surface area contributed by atoms with Crippen LogP contribution in [0.15, 0.2) is 51.0 Å². The highest BCUT2D eigenvalue weighted by molar-refractivity contribution is 14.1. The van der Waals surface area contributed by atoms with Gasteiger partial charge in [0.15, 0.2) is 5.76 Å². The lowest BCUT2D eigenvalue weighted by molar-refractivity contribution is 0.533. The molecule has 0 atom stereocenters. The molecule has 0 saturated carbocycles. The molecule has 0 spiro atoms. The van der Waals surface area contributed by atoms with Crippen molar-refractivity contribution in [1.82, 2.24) is 0 Å². The Labute approximate surface area is 115 Å². The van der Waals surface area contributed by atoms with E-state index in [-0.39, 0.29) is 5.63 Å². The Morgan fingerprint density at radius 3 is 2.65 bits per heavy atom. The van der Waals surface area contributed by atoms with Crippen molar-refractivity contribution >= 4 is 44.0 Å². The standard InChI is InChI=1S/C13H7IO2S/c14-10-9-6-7-17-12(9)13(15)16-11(10)8-4-2-1-3-5-8/h1-7H. The maximum Gasteiger partial charge on any atom is 0.354 e. The van der Waals surface area contributed by atoms with Crippen LogP contribution in [-0.4, -0.2) is 0 Å². The summed E-state index contributed by atoms with van der Waals surface area (Å²) in [4.78, 5) is 11.8. The van der Waals surface area contributed by atoms with Crippen molar-refractivity contribution in [2.24, 2.45) is 0 Å². The molecule has 0 aliphatic heterocycles. The molecule has 0 amide bonds. The van der Waals surface area contributed by atoms with Crippen LogP contribution < -0.4 is 5.63 Å². The van der Waals surface area contributed by atoms with Crippen molar-refractivity contribution in [2.75, 3.05) is 0 Å². The van der Waals surface area contributed by atoms with Crippen molar-refractivity contribution in [3.8, 4) is 11.3 Å². The second-order valence-corrected chi connectivity index (χ2v) is 5.56. The highest BCUT2D eigenvalue weighted by Gasteiger charge is 2.13. The highest BCUT2D eigenvalue weighted by atomic mass is 127. The Hall–Kier alpha value is -1.14. The summed E-state index contributed by atoms with van der Waals surface area (Å²) in [5, 5.41) is 2.89. The molecule has 0 aliphatic rings. The molecule has 0 radical (unpaired) electrons. The molecule has 3 rings (SSSR count). The molecule has 0 unspecified atom stereocenters. The van der Waals surface area contributed by atoms with Gasteiger partial charge in [0.05, 0.1) is 3.57 Å². The van der Waals surface area contributed by atoms with Crippen LogP contribution in [0.4, 0.5) is 0 Å². The molecule has 0 bridgehead atoms. The molecule has 0 N–H and O–H groups in total. The lowest BCUT2D eigenvalue weighted by Gasteiger charge is -2.03. The summed E-state index contributed by atoms with van der Waals surface area (Å²) in [5.74, 6) is 0.655. The van der Waals surface area contributed by atoms with E-state index in [9.17, 15) is 4.79 Å². The van der Waals surface area contributed by atoms with Gasteiger partial charge in [-0.15, -0.1) is 11.3 Å². The van der Waals surface area contributed by atoms with Crippen molar-refractivity contribution in [3.05, 3.63) is 55.8 Å². The van der Waals surface area contributed by atoms with Crippen molar-refractivity contribution in [3.63, 3.8) is 0 Å². The van der Waals surface area contributed by atoms with Crippen LogP contribution in [0.2, 0.25) is 0 Å². The second-order valence-electron chi connectivity index (χ2n) is 3.56. The molecular formula is C13H7IO2S. The maximum atomic E-state index is 11.8. The maximum absolute atomic E-state index is 11.8. The van der Waals surface area contributed by atoms with Gasteiger partial charge in [-0.3, -0.25) is 0 Å². The molecule has 2 nitrogen and oxygen atoms in total. The third-order valence-corrected chi connectivity index (χ3v) is 4.48. The molecule has 0 fully saturated rings. The van der Waals surface area contributed by atoms with E-state index in [4.69, 9.17) is 4.42 Å². The molecule has 3 aromatic rings. The van der Waals surface area contributed by atoms with Gasteiger partial charge in [-0.2, -0.15) is 0 Å². The molecule has 4 heteroatoms. The zero-order valence-electron chi connectivity index (χ0n) is 8.64. The van der Waals surface area contributed by atoms with Crippen LogP contribution in [0.3, 0.4) is 0 Å². The third-order valence-electron chi connectivity index (χ3n) is 2.52. The smallest absolute Gasteiger partial charge is 0.354 e. The Balaban J connectivity index is 2.38. The molecule has 0 saturated heterocycles. The third kappa shape index (κ3) is 1.81. The van der Waals surface area contributed by atoms with E-state index in [0.29, 0.717) is 10.5 Å². The Bertz CT molecular complexity index is 728. The number of hydrogen-bond acceptors (Lipinski definition) is 3. The fraction of sp³-hybridized carbons (Fsp3) is 0. The molecular weight excluding hydrogens is 347 g/mol. The summed E-state index contributed by atoms with van der Waals surface area (Å²) in [5.41, 5.74) is 0.677. The van der Waals surface area contributed by atoms with Crippen molar-refractivity contribution in [1.29, 1.82) is 0 Å². The van der Waals surface area contributed by atoms with Crippen LogP contribution in [0.5, 0.6) is 0 Å². The van der Waals surface area contributed by atoms with E-state index >= 15 is 0 Å². The first kappa shape index (κ1) is 11.0. The summed E-state index contributed by atoms with van der Waals surface area (Å²) >= 11 is 3.65. The number of benzene rings is 1. The van der Waals surface area contributed by atoms with Gasteiger partial charge < -0.3 is 4.42 Å². The van der Waals surface area contributed by atoms with Crippen LogP contribution >= 0.6 is 33.9 Å². The number of hydrogen-bond donors (Lipinski definition) is 0. The fourth-order valence-electron chi connectivity index (χ4n) is 1.72. The van der Waals surface area contributed by atoms with Gasteiger partial charge in [-0.05, 0) is 34.0 Å². The van der Waals surface area contributed by atoms with E-state index in [1.165, 1.54) is 11.3 Å². The second kappa shape index (κ2) is 4.27. The predicted molar refractivity (Wildman–Crippen MR) is 78.5 cm³/mol. The number of thiophene rings is 1. The summed E-state index contributed by atoms with van der Waals surface area (Å²) in [6.45, 7) is 0. The van der Waals surface area contributed by atoms with E-state index in [1.54, 1.807) is 0 Å². The molecule has 0 aliphatic carbocycles. The van der Waals surface area contributed by atoms with Crippen LogP contribution in [0.25, 0.3) is 21.4 Å². The minimum atomic E-state index is -0.255. The summed E-state index contributed by atoms with van der Waals surface area (Å²) in [6, 6.07) is 11.7. The SMILES string of the molecule is O=c1oc(-c2ccccc2)c(I)c2ccsc12. The van der Waals surface area contributed by atoms with Crippen LogP contribution in [0.1, 0.15) is 0 Å². The first-order valence-corrected chi connectivity index (χ1v) is 6.98. The lowest BCUT2D eigenvalue weighted by atomic mass is 10.1. The minimum absolute atomic E-state index is 0.255. The quantitative estimate of drug-likeness (QED) is 0.616. The molecule has 2 heterocycles. The molecule has 2 aromatic heterocycles. The molecule has 17 heavy (non-hydrogen) atoms. The van der Waals surface area contributed by atoms with Crippen molar-refractivity contribution < 1.29 is 4.42 Å². The highest BCUT2D eigenvalue weighted by Crippen LogP contribution is 2.31. The number of halogens is 1. The van der Waals surface area contributed by atoms with Gasteiger partial charge in [0.2, 0.25) is 0 Å². The van der Waals surface area contributed by atoms with Gasteiger partial charge in [0, 0.05) is 10.9 Å². The summed E-state index contributed by atoms with van der Waals surface area (Å²) < 4.78 is 7.09. The van der Waals surface area contributed by atoms with Gasteiger partial charge in [0.1, 0.15) is 4.70 Å². The topological polar surface area (TPSA) is 30.2 Å². The average Bonchev–Trinajstić information content (AvgIpc) is 2.85. The first-order valence-electron chi connectivity index (χ1n) is 5.02. The monoisotopic (exact) mass is 354 g/mol. The Morgan fingerprint density at radius 1 is 1.12 bits per heavy atom. The Kier molecular flexibility index (Phi) is 2.76. The predicted octanol–water partition coefficient (Wildman–Crippen LogP) is 4.13. The Morgan fingerprint density at radius 2 is 1.88 bits per heavy atom. The van der Waals surface area contributed by atoms with E-state index in [1.807, 2.05) is 41.8 Å². The van der Waals surface area contributed by atoms with Gasteiger partial charge in [-0.25, -0.2) is 4.79 Å². The molecule has 84 valence electrons. The minimum Gasteiger partial charge on any atom is -0.421 e. The van der Waals surface area contributed by atoms with Crippen molar-refractivity contribution in [2.45, 2.75) is 0 Å². The lowest BCUT2D eigenvalue weighted by Crippen LogP contribution is -2.00. The largest absolute Gasteiger partial charge is 0.421 e. The van der Waals surface area contributed by atoms with E-state index in [0.717, 1.165) is 14.5 Å². The number of fused-ring (bicyclic) bond motifs is 1. The van der Waals surface area contributed by atoms with E-state index in [2.05, 4.69) is 22.6 Å². The zero-order chi connectivity index (χ0) is 11.8. The van der Waals surface area contributed by atoms with Crippen LogP contribution in [-0.2, 0) is 0 Å². The first-order chi connectivity index (χ1) is 8.27. The van der Waals surface area contributed by atoms with Gasteiger partial charge in [0.25, 0.3) is 0 Å². The van der Waals surface area contributed by atoms with Crippen LogP contribution in [0, 0.1) is 3.57 Å². The average molecular weight is 354 g/mol. The molecule has 1 aromatic carbocycles. The normalized spacial score (nSPS) is 10.9.